The maximum absolute atomic E-state index is 12.7. The van der Waals surface area contributed by atoms with Crippen LogP contribution in [-0.2, 0) is 17.8 Å². The lowest BCUT2D eigenvalue weighted by atomic mass is 10.00. The summed E-state index contributed by atoms with van der Waals surface area (Å²) in [5, 5.41) is 2.94. The van der Waals surface area contributed by atoms with Crippen LogP contribution < -0.4 is 15.8 Å². The molecular formula is C21H28N4O2. The summed E-state index contributed by atoms with van der Waals surface area (Å²) in [5.41, 5.74) is 2.37. The SMILES string of the molecule is CCc1ccccc1NC(=O)Cn1c(N2CCC(C)CC2)nc(C)cc1=O. The Hall–Kier alpha value is -2.63. The number of aryl methyl sites for hydroxylation is 2. The van der Waals surface area contributed by atoms with E-state index in [1.54, 1.807) is 0 Å². The first kappa shape index (κ1) is 19.1. The lowest BCUT2D eigenvalue weighted by Gasteiger charge is -2.32. The van der Waals surface area contributed by atoms with Crippen LogP contribution in [0.4, 0.5) is 11.6 Å². The molecule has 6 heteroatoms. The molecule has 0 radical (unpaired) electrons. The highest BCUT2D eigenvalue weighted by molar-refractivity contribution is 5.91. The molecule has 27 heavy (non-hydrogen) atoms. The van der Waals surface area contributed by atoms with E-state index >= 15 is 0 Å². The molecule has 0 bridgehead atoms. The van der Waals surface area contributed by atoms with Gasteiger partial charge in [0.25, 0.3) is 5.56 Å². The monoisotopic (exact) mass is 368 g/mol. The quantitative estimate of drug-likeness (QED) is 0.881. The first-order valence-corrected chi connectivity index (χ1v) is 9.69. The summed E-state index contributed by atoms with van der Waals surface area (Å²) in [4.78, 5) is 32.0. The summed E-state index contributed by atoms with van der Waals surface area (Å²) in [6, 6.07) is 9.23. The molecule has 0 atom stereocenters. The summed E-state index contributed by atoms with van der Waals surface area (Å²) in [6.45, 7) is 7.79. The van der Waals surface area contributed by atoms with E-state index in [1.807, 2.05) is 31.2 Å². The molecule has 1 aliphatic rings. The molecule has 1 aromatic carbocycles. The molecule has 144 valence electrons. The highest BCUT2D eigenvalue weighted by Crippen LogP contribution is 2.21. The average molecular weight is 368 g/mol. The molecule has 2 heterocycles. The van der Waals surface area contributed by atoms with Gasteiger partial charge in [0.15, 0.2) is 0 Å². The third-order valence-corrected chi connectivity index (χ3v) is 5.16. The molecule has 1 fully saturated rings. The summed E-state index contributed by atoms with van der Waals surface area (Å²) >= 11 is 0. The molecule has 3 rings (SSSR count). The van der Waals surface area contributed by atoms with Crippen LogP contribution in [-0.4, -0.2) is 28.5 Å². The van der Waals surface area contributed by atoms with Crippen LogP contribution in [0.2, 0.25) is 0 Å². The first-order valence-electron chi connectivity index (χ1n) is 9.69. The van der Waals surface area contributed by atoms with Crippen LogP contribution in [0.3, 0.4) is 0 Å². The Morgan fingerprint density at radius 2 is 1.96 bits per heavy atom. The highest BCUT2D eigenvalue weighted by Gasteiger charge is 2.21. The number of amides is 1. The fraction of sp³-hybridized carbons (Fsp3) is 0.476. The van der Waals surface area contributed by atoms with Crippen molar-refractivity contribution in [1.82, 2.24) is 9.55 Å². The number of aromatic nitrogens is 2. The van der Waals surface area contributed by atoms with Crippen molar-refractivity contribution in [1.29, 1.82) is 0 Å². The molecule has 2 aromatic rings. The number of benzene rings is 1. The second kappa shape index (κ2) is 8.37. The van der Waals surface area contributed by atoms with Crippen molar-refractivity contribution < 1.29 is 4.79 Å². The standard InChI is InChI=1S/C21H28N4O2/c1-4-17-7-5-6-8-18(17)23-19(26)14-25-20(27)13-16(3)22-21(25)24-11-9-15(2)10-12-24/h5-8,13,15H,4,9-12,14H2,1-3H3,(H,23,26). The molecular weight excluding hydrogens is 340 g/mol. The van der Waals surface area contributed by atoms with Crippen LogP contribution in [0.25, 0.3) is 0 Å². The Bertz CT molecular complexity index is 867. The number of hydrogen-bond acceptors (Lipinski definition) is 4. The minimum Gasteiger partial charge on any atom is -0.342 e. The van der Waals surface area contributed by atoms with Crippen molar-refractivity contribution in [3.05, 3.63) is 51.9 Å². The van der Waals surface area contributed by atoms with Gasteiger partial charge >= 0.3 is 0 Å². The molecule has 1 saturated heterocycles. The normalized spacial score (nSPS) is 15.0. The molecule has 1 aromatic heterocycles. The number of rotatable bonds is 5. The lowest BCUT2D eigenvalue weighted by molar-refractivity contribution is -0.116. The molecule has 6 nitrogen and oxygen atoms in total. The van der Waals surface area contributed by atoms with Gasteiger partial charge in [0.2, 0.25) is 11.9 Å². The summed E-state index contributed by atoms with van der Waals surface area (Å²) in [7, 11) is 0. The summed E-state index contributed by atoms with van der Waals surface area (Å²) < 4.78 is 1.49. The number of nitrogens with zero attached hydrogens (tertiary/aromatic N) is 3. The number of nitrogens with one attached hydrogen (secondary N) is 1. The molecule has 1 aliphatic heterocycles. The zero-order chi connectivity index (χ0) is 19.4. The molecule has 0 aliphatic carbocycles. The van der Waals surface area contributed by atoms with Crippen LogP contribution in [0.1, 0.15) is 37.9 Å². The first-order chi connectivity index (χ1) is 13.0. The van der Waals surface area contributed by atoms with Gasteiger partial charge in [-0.25, -0.2) is 4.98 Å². The lowest BCUT2D eigenvalue weighted by Crippen LogP contribution is -2.39. The predicted octanol–water partition coefficient (Wildman–Crippen LogP) is 2.99. The number of para-hydroxylation sites is 1. The van der Waals surface area contributed by atoms with E-state index < -0.39 is 0 Å². The van der Waals surface area contributed by atoms with Gasteiger partial charge in [-0.15, -0.1) is 0 Å². The maximum Gasteiger partial charge on any atom is 0.255 e. The molecule has 0 saturated carbocycles. The zero-order valence-electron chi connectivity index (χ0n) is 16.4. The van der Waals surface area contributed by atoms with Crippen molar-refractivity contribution in [3.63, 3.8) is 0 Å². The topological polar surface area (TPSA) is 67.2 Å². The smallest absolute Gasteiger partial charge is 0.255 e. The molecule has 0 unspecified atom stereocenters. The van der Waals surface area contributed by atoms with Crippen molar-refractivity contribution in [2.45, 2.75) is 46.6 Å². The van der Waals surface area contributed by atoms with E-state index in [-0.39, 0.29) is 18.0 Å². The van der Waals surface area contributed by atoms with E-state index in [0.717, 1.165) is 43.6 Å². The Morgan fingerprint density at radius 3 is 2.67 bits per heavy atom. The molecule has 0 spiro atoms. The van der Waals surface area contributed by atoms with Gasteiger partial charge in [-0.1, -0.05) is 32.0 Å². The van der Waals surface area contributed by atoms with E-state index in [0.29, 0.717) is 17.6 Å². The van der Waals surface area contributed by atoms with Crippen molar-refractivity contribution in [2.75, 3.05) is 23.3 Å². The summed E-state index contributed by atoms with van der Waals surface area (Å²) in [5.74, 6) is 1.07. The Labute approximate surface area is 160 Å². The fourth-order valence-electron chi connectivity index (χ4n) is 3.49. The van der Waals surface area contributed by atoms with Gasteiger partial charge in [-0.2, -0.15) is 0 Å². The van der Waals surface area contributed by atoms with Crippen LogP contribution >= 0.6 is 0 Å². The van der Waals surface area contributed by atoms with E-state index in [2.05, 4.69) is 29.0 Å². The second-order valence-corrected chi connectivity index (χ2v) is 7.35. The van der Waals surface area contributed by atoms with Gasteiger partial charge in [-0.05, 0) is 43.7 Å². The maximum atomic E-state index is 12.7. The third-order valence-electron chi connectivity index (χ3n) is 5.16. The second-order valence-electron chi connectivity index (χ2n) is 7.35. The predicted molar refractivity (Wildman–Crippen MR) is 108 cm³/mol. The van der Waals surface area contributed by atoms with Crippen LogP contribution in [0.15, 0.2) is 35.1 Å². The van der Waals surface area contributed by atoms with Gasteiger partial charge < -0.3 is 10.2 Å². The summed E-state index contributed by atoms with van der Waals surface area (Å²) in [6.07, 6.45) is 2.97. The average Bonchev–Trinajstić information content (AvgIpc) is 2.65. The van der Waals surface area contributed by atoms with E-state index in [9.17, 15) is 9.59 Å². The highest BCUT2D eigenvalue weighted by atomic mass is 16.2. The Morgan fingerprint density at radius 1 is 1.26 bits per heavy atom. The van der Waals surface area contributed by atoms with Crippen molar-refractivity contribution >= 4 is 17.5 Å². The van der Waals surface area contributed by atoms with Crippen molar-refractivity contribution in [3.8, 4) is 0 Å². The molecule has 1 amide bonds. The zero-order valence-corrected chi connectivity index (χ0v) is 16.4. The van der Waals surface area contributed by atoms with E-state index in [1.165, 1.54) is 10.6 Å². The number of hydrogen-bond donors (Lipinski definition) is 1. The van der Waals surface area contributed by atoms with E-state index in [4.69, 9.17) is 0 Å². The van der Waals surface area contributed by atoms with Gasteiger partial charge in [0.05, 0.1) is 0 Å². The van der Waals surface area contributed by atoms with Crippen molar-refractivity contribution in [2.24, 2.45) is 5.92 Å². The van der Waals surface area contributed by atoms with Gasteiger partial charge in [0.1, 0.15) is 6.54 Å². The number of carbonyl (C=O) groups is 1. The Balaban J connectivity index is 1.83. The fourth-order valence-corrected chi connectivity index (χ4v) is 3.49. The largest absolute Gasteiger partial charge is 0.342 e. The minimum atomic E-state index is -0.213. The number of piperidine rings is 1. The van der Waals surface area contributed by atoms with Gasteiger partial charge in [-0.3, -0.25) is 14.2 Å². The third kappa shape index (κ3) is 4.56. The van der Waals surface area contributed by atoms with Crippen LogP contribution in [0, 0.1) is 12.8 Å². The number of carbonyl (C=O) groups excluding carboxylic acids is 1. The molecule has 1 N–H and O–H groups in total. The number of anilines is 2. The minimum absolute atomic E-state index is 0.0362. The van der Waals surface area contributed by atoms with Gasteiger partial charge in [0, 0.05) is 30.5 Å². The van der Waals surface area contributed by atoms with Crippen LogP contribution in [0.5, 0.6) is 0 Å². The Kier molecular flexibility index (Phi) is 5.94.